The van der Waals surface area contributed by atoms with E-state index in [2.05, 4.69) is 29.0 Å². The molecule has 1 fully saturated rings. The van der Waals surface area contributed by atoms with Crippen LogP contribution in [0.25, 0.3) is 0 Å². The summed E-state index contributed by atoms with van der Waals surface area (Å²) in [6.07, 6.45) is 3.89. The lowest BCUT2D eigenvalue weighted by molar-refractivity contribution is -0.118. The molecular formula is C14H19N3O. The first kappa shape index (κ1) is 11.5. The number of aromatic nitrogens is 1. The highest BCUT2D eigenvalue weighted by Gasteiger charge is 2.39. The van der Waals surface area contributed by atoms with Crippen molar-refractivity contribution in [3.8, 4) is 0 Å². The van der Waals surface area contributed by atoms with Crippen molar-refractivity contribution >= 4 is 17.4 Å². The van der Waals surface area contributed by atoms with E-state index in [0.717, 1.165) is 30.9 Å². The quantitative estimate of drug-likeness (QED) is 0.825. The van der Waals surface area contributed by atoms with Crippen LogP contribution in [0.1, 0.15) is 26.7 Å². The van der Waals surface area contributed by atoms with Crippen LogP contribution >= 0.6 is 0 Å². The predicted molar refractivity (Wildman–Crippen MR) is 71.6 cm³/mol. The molecule has 1 aromatic rings. The number of pyridine rings is 1. The van der Waals surface area contributed by atoms with Gasteiger partial charge in [-0.1, -0.05) is 13.8 Å². The van der Waals surface area contributed by atoms with Crippen LogP contribution in [-0.4, -0.2) is 23.5 Å². The summed E-state index contributed by atoms with van der Waals surface area (Å²) in [5.41, 5.74) is 0.849. The van der Waals surface area contributed by atoms with E-state index >= 15 is 0 Å². The maximum Gasteiger partial charge on any atom is 0.247 e. The average molecular weight is 245 g/mol. The molecule has 1 amide bonds. The second kappa shape index (κ2) is 4.26. The van der Waals surface area contributed by atoms with Gasteiger partial charge in [0.2, 0.25) is 5.91 Å². The number of amides is 1. The Kier molecular flexibility index (Phi) is 2.73. The number of carbonyl (C=O) groups excluding carboxylic acids is 1. The lowest BCUT2D eigenvalue weighted by atomic mass is 9.82. The number of hydrogen-bond donors (Lipinski definition) is 1. The molecule has 1 N–H and O–H groups in total. The van der Waals surface area contributed by atoms with Crippen LogP contribution < -0.4 is 10.2 Å². The molecule has 0 aromatic carbocycles. The predicted octanol–water partition coefficient (Wildman–Crippen LogP) is 2.27. The Hall–Kier alpha value is -1.58. The van der Waals surface area contributed by atoms with Crippen molar-refractivity contribution < 1.29 is 4.79 Å². The summed E-state index contributed by atoms with van der Waals surface area (Å²) in [5.74, 6) is 2.34. The van der Waals surface area contributed by atoms with Crippen LogP contribution in [0.4, 0.5) is 11.5 Å². The van der Waals surface area contributed by atoms with E-state index in [0.29, 0.717) is 11.8 Å². The van der Waals surface area contributed by atoms with Crippen LogP contribution in [0.3, 0.4) is 0 Å². The number of nitrogens with one attached hydrogen (secondary N) is 1. The number of hydrogen-bond acceptors (Lipinski definition) is 3. The second-order valence-corrected chi connectivity index (χ2v) is 5.60. The van der Waals surface area contributed by atoms with Crippen molar-refractivity contribution in [2.24, 2.45) is 11.8 Å². The maximum atomic E-state index is 12.2. The smallest absolute Gasteiger partial charge is 0.247 e. The van der Waals surface area contributed by atoms with Crippen LogP contribution in [0, 0.1) is 11.8 Å². The summed E-state index contributed by atoms with van der Waals surface area (Å²) in [6.45, 7) is 5.42. The van der Waals surface area contributed by atoms with E-state index in [1.807, 2.05) is 12.1 Å². The zero-order valence-corrected chi connectivity index (χ0v) is 10.9. The number of fused-ring (bicyclic) bond motifs is 3. The molecule has 3 heterocycles. The fraction of sp³-hybridized carbons (Fsp3) is 0.571. The van der Waals surface area contributed by atoms with Crippen LogP contribution in [0.5, 0.6) is 0 Å². The lowest BCUT2D eigenvalue weighted by Gasteiger charge is -2.43. The summed E-state index contributed by atoms with van der Waals surface area (Å²) in [6, 6.07) is 3.75. The Morgan fingerprint density at radius 1 is 1.50 bits per heavy atom. The fourth-order valence-corrected chi connectivity index (χ4v) is 3.04. The molecule has 0 aliphatic carbocycles. The third-order valence-electron chi connectivity index (χ3n) is 4.21. The monoisotopic (exact) mass is 245 g/mol. The van der Waals surface area contributed by atoms with Gasteiger partial charge < -0.3 is 10.2 Å². The largest absolute Gasteiger partial charge is 0.343 e. The number of nitrogens with zero attached hydrogens (tertiary/aromatic N) is 2. The molecule has 96 valence electrons. The van der Waals surface area contributed by atoms with E-state index < -0.39 is 0 Å². The summed E-state index contributed by atoms with van der Waals surface area (Å²) < 4.78 is 0. The normalized spacial score (nSPS) is 26.6. The topological polar surface area (TPSA) is 45.2 Å². The molecule has 1 unspecified atom stereocenters. The molecule has 0 saturated carbocycles. The SMILES string of the molecule is CC(C)C1CCN2c3ncccc3NC(=O)[C@H]2C1. The molecule has 4 heteroatoms. The zero-order chi connectivity index (χ0) is 12.7. The minimum absolute atomic E-state index is 0.0338. The average Bonchev–Trinajstić information content (AvgIpc) is 2.38. The minimum atomic E-state index is -0.0338. The summed E-state index contributed by atoms with van der Waals surface area (Å²) >= 11 is 0. The van der Waals surface area contributed by atoms with Gasteiger partial charge in [-0.25, -0.2) is 4.98 Å². The first-order valence-electron chi connectivity index (χ1n) is 6.69. The van der Waals surface area contributed by atoms with E-state index in [1.54, 1.807) is 6.20 Å². The van der Waals surface area contributed by atoms with Crippen molar-refractivity contribution in [3.63, 3.8) is 0 Å². The maximum absolute atomic E-state index is 12.2. The molecule has 3 rings (SSSR count). The van der Waals surface area contributed by atoms with Crippen LogP contribution in [-0.2, 0) is 4.79 Å². The molecule has 0 bridgehead atoms. The minimum Gasteiger partial charge on any atom is -0.343 e. The van der Waals surface area contributed by atoms with Crippen molar-refractivity contribution in [2.45, 2.75) is 32.7 Å². The van der Waals surface area contributed by atoms with Gasteiger partial charge in [0.15, 0.2) is 5.82 Å². The Morgan fingerprint density at radius 2 is 2.33 bits per heavy atom. The summed E-state index contributed by atoms with van der Waals surface area (Å²) in [5, 5.41) is 2.98. The van der Waals surface area contributed by atoms with Gasteiger partial charge in [-0.2, -0.15) is 0 Å². The number of piperidine rings is 1. The standard InChI is InChI=1S/C14H19N3O/c1-9(2)10-5-7-17-12(8-10)14(18)16-11-4-3-6-15-13(11)17/h3-4,6,9-10,12H,5,7-8H2,1-2H3,(H,16,18)/t10?,12-/m1/s1. The molecule has 2 aliphatic heterocycles. The fourth-order valence-electron chi connectivity index (χ4n) is 3.04. The van der Waals surface area contributed by atoms with E-state index in [-0.39, 0.29) is 11.9 Å². The van der Waals surface area contributed by atoms with Gasteiger partial charge in [-0.15, -0.1) is 0 Å². The van der Waals surface area contributed by atoms with Gasteiger partial charge in [0, 0.05) is 12.7 Å². The molecular weight excluding hydrogens is 226 g/mol. The van der Waals surface area contributed by atoms with Crippen molar-refractivity contribution in [3.05, 3.63) is 18.3 Å². The van der Waals surface area contributed by atoms with Crippen molar-refractivity contribution in [1.29, 1.82) is 0 Å². The number of rotatable bonds is 1. The molecule has 0 radical (unpaired) electrons. The van der Waals surface area contributed by atoms with Gasteiger partial charge in [-0.05, 0) is 36.8 Å². The number of carbonyl (C=O) groups is 1. The first-order valence-corrected chi connectivity index (χ1v) is 6.69. The van der Waals surface area contributed by atoms with Gasteiger partial charge in [-0.3, -0.25) is 4.79 Å². The Labute approximate surface area is 107 Å². The summed E-state index contributed by atoms with van der Waals surface area (Å²) in [4.78, 5) is 18.8. The van der Waals surface area contributed by atoms with E-state index in [1.165, 1.54) is 0 Å². The first-order chi connectivity index (χ1) is 8.66. The van der Waals surface area contributed by atoms with Gasteiger partial charge in [0.1, 0.15) is 6.04 Å². The highest BCUT2D eigenvalue weighted by molar-refractivity contribution is 6.02. The van der Waals surface area contributed by atoms with E-state index in [9.17, 15) is 4.79 Å². The molecule has 4 nitrogen and oxygen atoms in total. The third-order valence-corrected chi connectivity index (χ3v) is 4.21. The Bertz CT molecular complexity index is 472. The van der Waals surface area contributed by atoms with Crippen molar-refractivity contribution in [2.75, 3.05) is 16.8 Å². The van der Waals surface area contributed by atoms with Crippen molar-refractivity contribution in [1.82, 2.24) is 4.98 Å². The summed E-state index contributed by atoms with van der Waals surface area (Å²) in [7, 11) is 0. The van der Waals surface area contributed by atoms with Gasteiger partial charge >= 0.3 is 0 Å². The molecule has 18 heavy (non-hydrogen) atoms. The molecule has 0 spiro atoms. The molecule has 1 aromatic heterocycles. The van der Waals surface area contributed by atoms with E-state index in [4.69, 9.17) is 0 Å². The number of anilines is 2. The highest BCUT2D eigenvalue weighted by atomic mass is 16.2. The Balaban J connectivity index is 1.91. The van der Waals surface area contributed by atoms with Crippen LogP contribution in [0.15, 0.2) is 18.3 Å². The second-order valence-electron chi connectivity index (χ2n) is 5.60. The Morgan fingerprint density at radius 3 is 3.11 bits per heavy atom. The molecule has 2 aliphatic rings. The van der Waals surface area contributed by atoms with Gasteiger partial charge in [0.25, 0.3) is 0 Å². The highest BCUT2D eigenvalue weighted by Crippen LogP contribution is 2.37. The molecule has 1 saturated heterocycles. The van der Waals surface area contributed by atoms with Gasteiger partial charge in [0.05, 0.1) is 5.69 Å². The zero-order valence-electron chi connectivity index (χ0n) is 10.9. The molecule has 2 atom stereocenters. The third kappa shape index (κ3) is 1.76. The lowest BCUT2D eigenvalue weighted by Crippen LogP contribution is -2.53. The van der Waals surface area contributed by atoms with Crippen LogP contribution in [0.2, 0.25) is 0 Å².